The van der Waals surface area contributed by atoms with Gasteiger partial charge < -0.3 is 15.4 Å². The van der Waals surface area contributed by atoms with Crippen LogP contribution < -0.4 is 10.6 Å². The van der Waals surface area contributed by atoms with Crippen LogP contribution in [-0.2, 0) is 17.7 Å². The highest BCUT2D eigenvalue weighted by molar-refractivity contribution is 14.0. The van der Waals surface area contributed by atoms with Crippen LogP contribution in [0.25, 0.3) is 0 Å². The molecule has 1 atom stereocenters. The largest absolute Gasteiger partial charge is 0.373 e. The van der Waals surface area contributed by atoms with E-state index in [1.807, 2.05) is 0 Å². The lowest BCUT2D eigenvalue weighted by atomic mass is 10.0. The zero-order valence-electron chi connectivity index (χ0n) is 12.9. The number of aryl methyl sites for hydroxylation is 1. The molecule has 0 radical (unpaired) electrons. The van der Waals surface area contributed by atoms with Gasteiger partial charge in [0.25, 0.3) is 0 Å². The Morgan fingerprint density at radius 2 is 2.33 bits per heavy atom. The predicted octanol–water partition coefficient (Wildman–Crippen LogP) is 2.56. The fourth-order valence-corrected chi connectivity index (χ4v) is 2.98. The van der Waals surface area contributed by atoms with Gasteiger partial charge in [0.2, 0.25) is 0 Å². The van der Waals surface area contributed by atoms with Gasteiger partial charge in [0.1, 0.15) is 0 Å². The number of rotatable bonds is 5. The molecule has 21 heavy (non-hydrogen) atoms. The molecule has 1 saturated heterocycles. The van der Waals surface area contributed by atoms with E-state index in [9.17, 15) is 0 Å². The average Bonchev–Trinajstić information content (AvgIpc) is 3.08. The van der Waals surface area contributed by atoms with Crippen molar-refractivity contribution in [3.8, 4) is 0 Å². The Balaban J connectivity index is 0.00000220. The molecule has 1 aliphatic heterocycles. The Kier molecular flexibility index (Phi) is 7.89. The summed E-state index contributed by atoms with van der Waals surface area (Å²) in [4.78, 5) is 8.77. The van der Waals surface area contributed by atoms with Gasteiger partial charge in [-0.05, 0) is 26.2 Å². The van der Waals surface area contributed by atoms with Crippen LogP contribution in [-0.4, -0.2) is 36.7 Å². The molecule has 5 nitrogen and oxygen atoms in total. The third-order valence-electron chi connectivity index (χ3n) is 3.49. The van der Waals surface area contributed by atoms with Crippen molar-refractivity contribution in [2.24, 2.45) is 4.99 Å². The summed E-state index contributed by atoms with van der Waals surface area (Å²) in [7, 11) is 1.78. The molecular weight excluding hydrogens is 399 g/mol. The van der Waals surface area contributed by atoms with Crippen molar-refractivity contribution in [1.82, 2.24) is 15.6 Å². The summed E-state index contributed by atoms with van der Waals surface area (Å²) >= 11 is 1.71. The lowest BCUT2D eigenvalue weighted by Gasteiger charge is -2.24. The van der Waals surface area contributed by atoms with Crippen molar-refractivity contribution in [1.29, 1.82) is 0 Å². The van der Waals surface area contributed by atoms with Crippen LogP contribution in [0.5, 0.6) is 0 Å². The summed E-state index contributed by atoms with van der Waals surface area (Å²) in [6.07, 6.45) is 3.24. The molecule has 0 bridgehead atoms. The lowest BCUT2D eigenvalue weighted by Crippen LogP contribution is -2.45. The maximum atomic E-state index is 5.76. The summed E-state index contributed by atoms with van der Waals surface area (Å²) in [5.41, 5.74) is 1.01. The average molecular weight is 424 g/mol. The number of guanidine groups is 1. The fraction of sp³-hybridized carbons (Fsp3) is 0.714. The molecule has 1 aromatic rings. The Morgan fingerprint density at radius 3 is 2.90 bits per heavy atom. The van der Waals surface area contributed by atoms with E-state index in [1.165, 1.54) is 5.01 Å². The number of hydrogen-bond donors (Lipinski definition) is 2. The van der Waals surface area contributed by atoms with E-state index in [0.717, 1.165) is 44.1 Å². The number of aliphatic imine (C=N–C) groups is 1. The number of aromatic nitrogens is 1. The van der Waals surface area contributed by atoms with Crippen molar-refractivity contribution < 1.29 is 4.74 Å². The molecule has 1 aromatic heterocycles. The molecule has 0 aliphatic carbocycles. The summed E-state index contributed by atoms with van der Waals surface area (Å²) in [5, 5.41) is 9.90. The molecule has 0 aromatic carbocycles. The summed E-state index contributed by atoms with van der Waals surface area (Å²) in [5.74, 6) is 0.799. The second-order valence-corrected chi connectivity index (χ2v) is 6.21. The molecule has 2 heterocycles. The number of nitrogens with zero attached hydrogens (tertiary/aromatic N) is 2. The van der Waals surface area contributed by atoms with Gasteiger partial charge in [-0.1, -0.05) is 6.92 Å². The van der Waals surface area contributed by atoms with Crippen LogP contribution in [0.3, 0.4) is 0 Å². The third kappa shape index (κ3) is 5.71. The van der Waals surface area contributed by atoms with Crippen LogP contribution >= 0.6 is 35.3 Å². The quantitative estimate of drug-likeness (QED) is 0.434. The molecule has 0 saturated carbocycles. The number of nitrogens with one attached hydrogen (secondary N) is 2. The van der Waals surface area contributed by atoms with Crippen molar-refractivity contribution in [3.05, 3.63) is 16.1 Å². The van der Waals surface area contributed by atoms with Gasteiger partial charge >= 0.3 is 0 Å². The van der Waals surface area contributed by atoms with Gasteiger partial charge in [-0.3, -0.25) is 4.99 Å². The highest BCUT2D eigenvalue weighted by Crippen LogP contribution is 2.23. The van der Waals surface area contributed by atoms with E-state index < -0.39 is 0 Å². The van der Waals surface area contributed by atoms with E-state index in [1.54, 1.807) is 18.4 Å². The van der Waals surface area contributed by atoms with Gasteiger partial charge in [-0.15, -0.1) is 35.3 Å². The van der Waals surface area contributed by atoms with E-state index in [2.05, 4.69) is 39.8 Å². The van der Waals surface area contributed by atoms with Crippen LogP contribution in [0, 0.1) is 0 Å². The second kappa shape index (κ2) is 8.89. The minimum Gasteiger partial charge on any atom is -0.373 e. The normalized spacial score (nSPS) is 22.0. The highest BCUT2D eigenvalue weighted by Gasteiger charge is 2.29. The summed E-state index contributed by atoms with van der Waals surface area (Å²) in [6.45, 7) is 6.62. The molecule has 7 heteroatoms. The predicted molar refractivity (Wildman–Crippen MR) is 98.7 cm³/mol. The molecule has 0 amide bonds. The zero-order chi connectivity index (χ0) is 14.4. The minimum atomic E-state index is -0.0619. The number of ether oxygens (including phenoxy) is 1. The first-order valence-corrected chi connectivity index (χ1v) is 8.05. The maximum Gasteiger partial charge on any atom is 0.191 e. The van der Waals surface area contributed by atoms with Crippen molar-refractivity contribution in [2.75, 3.05) is 20.2 Å². The van der Waals surface area contributed by atoms with Crippen LogP contribution in [0.2, 0.25) is 0 Å². The van der Waals surface area contributed by atoms with Crippen LogP contribution in [0.1, 0.15) is 37.4 Å². The summed E-state index contributed by atoms with van der Waals surface area (Å²) < 4.78 is 5.76. The Hall–Kier alpha value is -0.410. The molecule has 1 fully saturated rings. The van der Waals surface area contributed by atoms with Crippen molar-refractivity contribution in [3.63, 3.8) is 0 Å². The van der Waals surface area contributed by atoms with E-state index in [-0.39, 0.29) is 29.6 Å². The molecule has 2 N–H and O–H groups in total. The highest BCUT2D eigenvalue weighted by atomic mass is 127. The summed E-state index contributed by atoms with van der Waals surface area (Å²) in [6, 6.07) is 0. The first kappa shape index (κ1) is 18.6. The number of halogens is 1. The lowest BCUT2D eigenvalue weighted by molar-refractivity contribution is 0.0243. The SMILES string of the molecule is CCc1nc(CNC(=NC)NCC2(C)CCCO2)cs1.I. The van der Waals surface area contributed by atoms with Crippen LogP contribution in [0.15, 0.2) is 10.4 Å². The number of thiazole rings is 1. The molecule has 1 unspecified atom stereocenters. The van der Waals surface area contributed by atoms with E-state index >= 15 is 0 Å². The first-order chi connectivity index (χ1) is 9.65. The smallest absolute Gasteiger partial charge is 0.191 e. The first-order valence-electron chi connectivity index (χ1n) is 7.17. The van der Waals surface area contributed by atoms with Gasteiger partial charge in [-0.25, -0.2) is 4.98 Å². The van der Waals surface area contributed by atoms with Gasteiger partial charge in [-0.2, -0.15) is 0 Å². The Morgan fingerprint density at radius 1 is 1.52 bits per heavy atom. The molecule has 1 aliphatic rings. The Labute approximate surface area is 148 Å². The van der Waals surface area contributed by atoms with Crippen molar-refractivity contribution in [2.45, 2.75) is 45.3 Å². The standard InChI is InChI=1S/C14H24N4OS.HI/c1-4-12-18-11(9-20-12)8-16-13(15-3)17-10-14(2)6-5-7-19-14;/h9H,4-8,10H2,1-3H3,(H2,15,16,17);1H. The second-order valence-electron chi connectivity index (χ2n) is 5.27. The maximum absolute atomic E-state index is 5.76. The molecule has 2 rings (SSSR count). The van der Waals surface area contributed by atoms with E-state index in [0.29, 0.717) is 6.54 Å². The monoisotopic (exact) mass is 424 g/mol. The molecular formula is C14H25IN4OS. The minimum absolute atomic E-state index is 0. The third-order valence-corrected chi connectivity index (χ3v) is 4.53. The van der Waals surface area contributed by atoms with Gasteiger partial charge in [0.05, 0.1) is 22.8 Å². The number of hydrogen-bond acceptors (Lipinski definition) is 4. The van der Waals surface area contributed by atoms with Gasteiger partial charge in [0.15, 0.2) is 5.96 Å². The zero-order valence-corrected chi connectivity index (χ0v) is 16.1. The molecule has 0 spiro atoms. The van der Waals surface area contributed by atoms with E-state index in [4.69, 9.17) is 4.74 Å². The molecule has 120 valence electrons. The van der Waals surface area contributed by atoms with Crippen molar-refractivity contribution >= 4 is 41.3 Å². The Bertz CT molecular complexity index is 458. The van der Waals surface area contributed by atoms with Gasteiger partial charge in [0, 0.05) is 25.6 Å². The van der Waals surface area contributed by atoms with Crippen LogP contribution in [0.4, 0.5) is 0 Å². The topological polar surface area (TPSA) is 58.5 Å². The fourth-order valence-electron chi connectivity index (χ4n) is 2.23.